The van der Waals surface area contributed by atoms with Crippen molar-refractivity contribution in [1.82, 2.24) is 4.98 Å². The average molecular weight is 283 g/mol. The molecule has 1 saturated carbocycles. The van der Waals surface area contributed by atoms with Gasteiger partial charge in [-0.1, -0.05) is 0 Å². The molecule has 2 atom stereocenters. The Morgan fingerprint density at radius 1 is 1.29 bits per heavy atom. The van der Waals surface area contributed by atoms with E-state index in [1.807, 2.05) is 12.1 Å². The summed E-state index contributed by atoms with van der Waals surface area (Å²) < 4.78 is 5.94. The quantitative estimate of drug-likeness (QED) is 0.818. The smallest absolute Gasteiger partial charge is 0.0779 e. The summed E-state index contributed by atoms with van der Waals surface area (Å²) in [7, 11) is 0. The van der Waals surface area contributed by atoms with E-state index in [1.165, 1.54) is 24.9 Å². The molecule has 1 aromatic carbocycles. The standard InChI is InChI=1S/C17H21N3O/c1-11-9-16(13-10-12(18)5-6-14(13)19-11)20-7-8-21-17-4-2-3-15(17)20/h5-6,9-10,15,17H,2-4,7-8,18H2,1H3. The van der Waals surface area contributed by atoms with Crippen LogP contribution in [0.2, 0.25) is 0 Å². The predicted octanol–water partition coefficient (Wildman–Crippen LogP) is 2.88. The highest BCUT2D eigenvalue weighted by atomic mass is 16.5. The van der Waals surface area contributed by atoms with Gasteiger partial charge in [0.25, 0.3) is 0 Å². The molecule has 2 fully saturated rings. The molecule has 1 aliphatic heterocycles. The Balaban J connectivity index is 1.86. The summed E-state index contributed by atoms with van der Waals surface area (Å²) in [5.41, 5.74) is 10.1. The molecule has 2 unspecified atom stereocenters. The number of nitrogens with zero attached hydrogens (tertiary/aromatic N) is 2. The van der Waals surface area contributed by atoms with Crippen molar-refractivity contribution in [3.63, 3.8) is 0 Å². The van der Waals surface area contributed by atoms with Gasteiger partial charge in [0, 0.05) is 29.0 Å². The van der Waals surface area contributed by atoms with Crippen LogP contribution in [0.4, 0.5) is 11.4 Å². The lowest BCUT2D eigenvalue weighted by molar-refractivity contribution is 0.0257. The molecule has 4 nitrogen and oxygen atoms in total. The third-order valence-electron chi connectivity index (χ3n) is 4.73. The van der Waals surface area contributed by atoms with Crippen molar-refractivity contribution >= 4 is 22.3 Å². The number of hydrogen-bond acceptors (Lipinski definition) is 4. The van der Waals surface area contributed by atoms with Gasteiger partial charge >= 0.3 is 0 Å². The number of anilines is 2. The number of hydrogen-bond donors (Lipinski definition) is 1. The first-order chi connectivity index (χ1) is 10.2. The van der Waals surface area contributed by atoms with Gasteiger partial charge in [0.2, 0.25) is 0 Å². The number of aromatic nitrogens is 1. The zero-order valence-electron chi connectivity index (χ0n) is 12.4. The maximum absolute atomic E-state index is 6.00. The molecule has 2 aliphatic rings. The first kappa shape index (κ1) is 12.9. The molecule has 2 aromatic rings. The largest absolute Gasteiger partial charge is 0.399 e. The Hall–Kier alpha value is -1.81. The maximum Gasteiger partial charge on any atom is 0.0779 e. The van der Waals surface area contributed by atoms with Crippen LogP contribution in [0.5, 0.6) is 0 Å². The van der Waals surface area contributed by atoms with Crippen molar-refractivity contribution in [3.8, 4) is 0 Å². The molecule has 1 aromatic heterocycles. The molecule has 2 N–H and O–H groups in total. The fourth-order valence-corrected chi connectivity index (χ4v) is 3.82. The van der Waals surface area contributed by atoms with Gasteiger partial charge in [-0.05, 0) is 50.5 Å². The van der Waals surface area contributed by atoms with E-state index in [9.17, 15) is 0 Å². The van der Waals surface area contributed by atoms with Gasteiger partial charge in [0.1, 0.15) is 0 Å². The number of fused-ring (bicyclic) bond motifs is 2. The number of rotatable bonds is 1. The molecule has 1 saturated heterocycles. The zero-order valence-corrected chi connectivity index (χ0v) is 12.4. The summed E-state index contributed by atoms with van der Waals surface area (Å²) >= 11 is 0. The van der Waals surface area contributed by atoms with Crippen LogP contribution in [0.15, 0.2) is 24.3 Å². The van der Waals surface area contributed by atoms with Crippen LogP contribution in [-0.4, -0.2) is 30.3 Å². The first-order valence-electron chi connectivity index (χ1n) is 7.77. The van der Waals surface area contributed by atoms with Crippen LogP contribution in [0.3, 0.4) is 0 Å². The van der Waals surface area contributed by atoms with Gasteiger partial charge in [-0.3, -0.25) is 4.98 Å². The molecular formula is C17H21N3O. The van der Waals surface area contributed by atoms with Gasteiger partial charge in [-0.25, -0.2) is 0 Å². The Kier molecular flexibility index (Phi) is 3.00. The number of benzene rings is 1. The van der Waals surface area contributed by atoms with Gasteiger partial charge in [-0.2, -0.15) is 0 Å². The highest BCUT2D eigenvalue weighted by Gasteiger charge is 2.36. The summed E-state index contributed by atoms with van der Waals surface area (Å²) in [6.07, 6.45) is 4.06. The summed E-state index contributed by atoms with van der Waals surface area (Å²) in [5.74, 6) is 0. The van der Waals surface area contributed by atoms with Crippen molar-refractivity contribution in [3.05, 3.63) is 30.0 Å². The second-order valence-corrected chi connectivity index (χ2v) is 6.16. The summed E-state index contributed by atoms with van der Waals surface area (Å²) in [6.45, 7) is 3.83. The molecule has 2 heterocycles. The molecule has 0 bridgehead atoms. The lowest BCUT2D eigenvalue weighted by Gasteiger charge is -2.40. The van der Waals surface area contributed by atoms with E-state index in [2.05, 4.69) is 28.9 Å². The number of nitrogen functional groups attached to an aromatic ring is 1. The van der Waals surface area contributed by atoms with Crippen molar-refractivity contribution < 1.29 is 4.74 Å². The Bertz CT molecular complexity index is 685. The van der Waals surface area contributed by atoms with Crippen molar-refractivity contribution in [2.24, 2.45) is 0 Å². The van der Waals surface area contributed by atoms with Crippen LogP contribution in [0, 0.1) is 6.92 Å². The van der Waals surface area contributed by atoms with E-state index in [4.69, 9.17) is 10.5 Å². The second kappa shape index (κ2) is 4.88. The molecule has 4 heteroatoms. The topological polar surface area (TPSA) is 51.4 Å². The number of ether oxygens (including phenoxy) is 1. The Labute approximate surface area is 124 Å². The lowest BCUT2D eigenvalue weighted by atomic mass is 10.1. The lowest BCUT2D eigenvalue weighted by Crippen LogP contribution is -2.48. The molecule has 0 amide bonds. The molecule has 21 heavy (non-hydrogen) atoms. The van der Waals surface area contributed by atoms with Gasteiger partial charge in [-0.15, -0.1) is 0 Å². The normalized spacial score (nSPS) is 25.3. The van der Waals surface area contributed by atoms with E-state index in [1.54, 1.807) is 0 Å². The average Bonchev–Trinajstić information content (AvgIpc) is 2.95. The Morgan fingerprint density at radius 3 is 3.10 bits per heavy atom. The SMILES string of the molecule is Cc1cc(N2CCOC3CCCC32)c2cc(N)ccc2n1. The van der Waals surface area contributed by atoms with Crippen molar-refractivity contribution in [2.75, 3.05) is 23.8 Å². The van der Waals surface area contributed by atoms with E-state index >= 15 is 0 Å². The second-order valence-electron chi connectivity index (χ2n) is 6.16. The van der Waals surface area contributed by atoms with E-state index in [0.29, 0.717) is 12.1 Å². The number of pyridine rings is 1. The summed E-state index contributed by atoms with van der Waals surface area (Å²) in [6, 6.07) is 8.70. The van der Waals surface area contributed by atoms with Crippen molar-refractivity contribution in [1.29, 1.82) is 0 Å². The van der Waals surface area contributed by atoms with Crippen LogP contribution < -0.4 is 10.6 Å². The third-order valence-corrected chi connectivity index (χ3v) is 4.73. The first-order valence-corrected chi connectivity index (χ1v) is 7.77. The monoisotopic (exact) mass is 283 g/mol. The van der Waals surface area contributed by atoms with E-state index < -0.39 is 0 Å². The van der Waals surface area contributed by atoms with Crippen LogP contribution in [-0.2, 0) is 4.74 Å². The molecule has 0 radical (unpaired) electrons. The van der Waals surface area contributed by atoms with Gasteiger partial charge in [0.05, 0.1) is 24.3 Å². The molecule has 1 aliphatic carbocycles. The minimum atomic E-state index is 0.392. The predicted molar refractivity (Wildman–Crippen MR) is 85.6 cm³/mol. The fourth-order valence-electron chi connectivity index (χ4n) is 3.82. The fraction of sp³-hybridized carbons (Fsp3) is 0.471. The van der Waals surface area contributed by atoms with E-state index in [0.717, 1.165) is 35.4 Å². The minimum absolute atomic E-state index is 0.392. The number of morpholine rings is 1. The van der Waals surface area contributed by atoms with Crippen LogP contribution in [0.25, 0.3) is 10.9 Å². The van der Waals surface area contributed by atoms with E-state index in [-0.39, 0.29) is 0 Å². The van der Waals surface area contributed by atoms with Crippen LogP contribution in [0.1, 0.15) is 25.0 Å². The highest BCUT2D eigenvalue weighted by molar-refractivity contribution is 5.94. The molecule has 110 valence electrons. The minimum Gasteiger partial charge on any atom is -0.399 e. The zero-order chi connectivity index (χ0) is 14.4. The number of nitrogens with two attached hydrogens (primary N) is 1. The summed E-state index contributed by atoms with van der Waals surface area (Å²) in [4.78, 5) is 7.17. The Morgan fingerprint density at radius 2 is 2.19 bits per heavy atom. The van der Waals surface area contributed by atoms with Crippen LogP contribution >= 0.6 is 0 Å². The number of aryl methyl sites for hydroxylation is 1. The summed E-state index contributed by atoms with van der Waals surface area (Å²) in [5, 5.41) is 1.16. The van der Waals surface area contributed by atoms with Crippen molar-refractivity contribution in [2.45, 2.75) is 38.3 Å². The molecular weight excluding hydrogens is 262 g/mol. The molecule has 4 rings (SSSR count). The highest BCUT2D eigenvalue weighted by Crippen LogP contribution is 2.36. The molecule has 0 spiro atoms. The van der Waals surface area contributed by atoms with Gasteiger partial charge in [0.15, 0.2) is 0 Å². The van der Waals surface area contributed by atoms with Gasteiger partial charge < -0.3 is 15.4 Å². The maximum atomic E-state index is 6.00. The third kappa shape index (κ3) is 2.14.